The fourth-order valence-corrected chi connectivity index (χ4v) is 1.75. The summed E-state index contributed by atoms with van der Waals surface area (Å²) < 4.78 is 0. The molecule has 1 aromatic rings. The molecule has 0 aliphatic rings. The van der Waals surface area contributed by atoms with Crippen molar-refractivity contribution in [1.82, 2.24) is 5.32 Å². The van der Waals surface area contributed by atoms with E-state index in [-0.39, 0.29) is 17.1 Å². The molecular weight excluding hydrogens is 228 g/mol. The number of carbonyl (C=O) groups excluding carboxylic acids is 1. The molecule has 0 atom stereocenters. The molecule has 100 valence electrons. The average Bonchev–Trinajstić information content (AvgIpc) is 2.27. The Bertz CT molecular complexity index is 422. The first-order valence-electron chi connectivity index (χ1n) is 6.13. The van der Waals surface area contributed by atoms with Gasteiger partial charge in [-0.15, -0.1) is 0 Å². The SMILES string of the molecule is CC(C)(C)c1cc(CC(=O)NCCN)ccc1O. The maximum atomic E-state index is 11.6. The van der Waals surface area contributed by atoms with Crippen LogP contribution in [0.4, 0.5) is 0 Å². The van der Waals surface area contributed by atoms with Gasteiger partial charge in [0.25, 0.3) is 0 Å². The molecule has 0 aliphatic heterocycles. The summed E-state index contributed by atoms with van der Waals surface area (Å²) >= 11 is 0. The lowest BCUT2D eigenvalue weighted by Gasteiger charge is -2.21. The molecule has 0 spiro atoms. The minimum absolute atomic E-state index is 0.0500. The van der Waals surface area contributed by atoms with Crippen LogP contribution in [-0.2, 0) is 16.6 Å². The average molecular weight is 250 g/mol. The minimum atomic E-state index is -0.145. The van der Waals surface area contributed by atoms with E-state index in [1.807, 2.05) is 26.8 Å². The summed E-state index contributed by atoms with van der Waals surface area (Å²) in [5, 5.41) is 12.6. The molecule has 0 saturated carbocycles. The smallest absolute Gasteiger partial charge is 0.224 e. The van der Waals surface area contributed by atoms with Crippen LogP contribution in [0.5, 0.6) is 5.75 Å². The van der Waals surface area contributed by atoms with Gasteiger partial charge in [0, 0.05) is 13.1 Å². The molecular formula is C14H22N2O2. The first-order valence-corrected chi connectivity index (χ1v) is 6.13. The monoisotopic (exact) mass is 250 g/mol. The van der Waals surface area contributed by atoms with Crippen molar-refractivity contribution in [3.8, 4) is 5.75 Å². The quantitative estimate of drug-likeness (QED) is 0.754. The van der Waals surface area contributed by atoms with E-state index in [2.05, 4.69) is 5.32 Å². The molecule has 0 fully saturated rings. The Morgan fingerprint density at radius 2 is 2.06 bits per heavy atom. The molecule has 18 heavy (non-hydrogen) atoms. The zero-order valence-electron chi connectivity index (χ0n) is 11.3. The van der Waals surface area contributed by atoms with Gasteiger partial charge in [0.15, 0.2) is 0 Å². The van der Waals surface area contributed by atoms with Crippen molar-refractivity contribution in [2.24, 2.45) is 5.73 Å². The summed E-state index contributed by atoms with van der Waals surface area (Å²) in [6.45, 7) is 7.01. The highest BCUT2D eigenvalue weighted by Gasteiger charge is 2.18. The first kappa shape index (κ1) is 14.5. The number of benzene rings is 1. The molecule has 0 radical (unpaired) electrons. The number of amides is 1. The molecule has 0 aromatic heterocycles. The van der Waals surface area contributed by atoms with Crippen molar-refractivity contribution in [1.29, 1.82) is 0 Å². The third-order valence-corrected chi connectivity index (χ3v) is 2.70. The third-order valence-electron chi connectivity index (χ3n) is 2.70. The molecule has 4 nitrogen and oxygen atoms in total. The van der Waals surface area contributed by atoms with Crippen LogP contribution in [0, 0.1) is 0 Å². The van der Waals surface area contributed by atoms with Gasteiger partial charge in [-0.2, -0.15) is 0 Å². The lowest BCUT2D eigenvalue weighted by atomic mass is 9.85. The number of phenolic OH excluding ortho intramolecular Hbond substituents is 1. The van der Waals surface area contributed by atoms with Crippen molar-refractivity contribution in [2.75, 3.05) is 13.1 Å². The molecule has 0 heterocycles. The predicted molar refractivity (Wildman–Crippen MR) is 72.6 cm³/mol. The van der Waals surface area contributed by atoms with E-state index in [0.717, 1.165) is 11.1 Å². The van der Waals surface area contributed by atoms with Crippen LogP contribution in [0.2, 0.25) is 0 Å². The number of hydrogen-bond donors (Lipinski definition) is 3. The second-order valence-corrected chi connectivity index (χ2v) is 5.42. The first-order chi connectivity index (χ1) is 8.34. The van der Waals surface area contributed by atoms with Gasteiger partial charge >= 0.3 is 0 Å². The van der Waals surface area contributed by atoms with E-state index in [1.165, 1.54) is 0 Å². The zero-order chi connectivity index (χ0) is 13.8. The number of aromatic hydroxyl groups is 1. The maximum absolute atomic E-state index is 11.6. The van der Waals surface area contributed by atoms with Crippen molar-refractivity contribution in [2.45, 2.75) is 32.6 Å². The Kier molecular flexibility index (Phi) is 4.73. The highest BCUT2D eigenvalue weighted by Crippen LogP contribution is 2.31. The standard InChI is InChI=1S/C14H22N2O2/c1-14(2,3)11-8-10(4-5-12(11)17)9-13(18)16-7-6-15/h4-5,8,17H,6-7,9,15H2,1-3H3,(H,16,18). The van der Waals surface area contributed by atoms with Crippen LogP contribution < -0.4 is 11.1 Å². The Morgan fingerprint density at radius 1 is 1.39 bits per heavy atom. The second kappa shape index (κ2) is 5.87. The second-order valence-electron chi connectivity index (χ2n) is 5.42. The number of phenols is 1. The van der Waals surface area contributed by atoms with E-state index < -0.39 is 0 Å². The molecule has 0 saturated heterocycles. The summed E-state index contributed by atoms with van der Waals surface area (Å²) in [5.41, 5.74) is 6.93. The number of nitrogens with two attached hydrogens (primary N) is 1. The van der Waals surface area contributed by atoms with E-state index in [9.17, 15) is 9.90 Å². The topological polar surface area (TPSA) is 75.4 Å². The van der Waals surface area contributed by atoms with E-state index in [1.54, 1.807) is 12.1 Å². The molecule has 4 heteroatoms. The van der Waals surface area contributed by atoms with Crippen LogP contribution >= 0.6 is 0 Å². The molecule has 4 N–H and O–H groups in total. The molecule has 1 rings (SSSR count). The van der Waals surface area contributed by atoms with Gasteiger partial charge in [-0.05, 0) is 22.6 Å². The lowest BCUT2D eigenvalue weighted by molar-refractivity contribution is -0.120. The van der Waals surface area contributed by atoms with Crippen LogP contribution in [-0.4, -0.2) is 24.1 Å². The summed E-state index contributed by atoms with van der Waals surface area (Å²) in [5.74, 6) is 0.222. The highest BCUT2D eigenvalue weighted by atomic mass is 16.3. The Balaban J connectivity index is 2.83. The van der Waals surface area contributed by atoms with Gasteiger partial charge in [-0.25, -0.2) is 0 Å². The summed E-state index contributed by atoms with van der Waals surface area (Å²) in [7, 11) is 0. The van der Waals surface area contributed by atoms with Crippen LogP contribution in [0.15, 0.2) is 18.2 Å². The van der Waals surface area contributed by atoms with Crippen molar-refractivity contribution in [3.05, 3.63) is 29.3 Å². The van der Waals surface area contributed by atoms with E-state index in [4.69, 9.17) is 5.73 Å². The fraction of sp³-hybridized carbons (Fsp3) is 0.500. The van der Waals surface area contributed by atoms with E-state index >= 15 is 0 Å². The van der Waals surface area contributed by atoms with Gasteiger partial charge in [0.2, 0.25) is 5.91 Å². The summed E-state index contributed by atoms with van der Waals surface area (Å²) in [6.07, 6.45) is 0.309. The van der Waals surface area contributed by atoms with Crippen molar-refractivity contribution >= 4 is 5.91 Å². The van der Waals surface area contributed by atoms with Crippen LogP contribution in [0.1, 0.15) is 31.9 Å². The largest absolute Gasteiger partial charge is 0.508 e. The molecule has 1 aromatic carbocycles. The van der Waals surface area contributed by atoms with Crippen molar-refractivity contribution in [3.63, 3.8) is 0 Å². The molecule has 0 bridgehead atoms. The zero-order valence-corrected chi connectivity index (χ0v) is 11.3. The fourth-order valence-electron chi connectivity index (χ4n) is 1.75. The van der Waals surface area contributed by atoms with Crippen molar-refractivity contribution < 1.29 is 9.90 Å². The van der Waals surface area contributed by atoms with Gasteiger partial charge in [-0.1, -0.05) is 32.9 Å². The molecule has 0 aliphatic carbocycles. The Morgan fingerprint density at radius 3 is 2.61 bits per heavy atom. The molecule has 0 unspecified atom stereocenters. The highest BCUT2D eigenvalue weighted by molar-refractivity contribution is 5.78. The summed E-state index contributed by atoms with van der Waals surface area (Å²) in [4.78, 5) is 11.6. The van der Waals surface area contributed by atoms with Crippen LogP contribution in [0.3, 0.4) is 0 Å². The Hall–Kier alpha value is -1.55. The summed E-state index contributed by atoms with van der Waals surface area (Å²) in [6, 6.07) is 5.30. The Labute approximate surface area is 108 Å². The number of nitrogens with one attached hydrogen (secondary N) is 1. The molecule has 1 amide bonds. The lowest BCUT2D eigenvalue weighted by Crippen LogP contribution is -2.30. The van der Waals surface area contributed by atoms with E-state index in [0.29, 0.717) is 19.5 Å². The van der Waals surface area contributed by atoms with Gasteiger partial charge in [0.05, 0.1) is 6.42 Å². The van der Waals surface area contributed by atoms with Crippen LogP contribution in [0.25, 0.3) is 0 Å². The number of rotatable bonds is 4. The number of carbonyl (C=O) groups is 1. The van der Waals surface area contributed by atoms with Gasteiger partial charge < -0.3 is 16.2 Å². The minimum Gasteiger partial charge on any atom is -0.508 e. The maximum Gasteiger partial charge on any atom is 0.224 e. The predicted octanol–water partition coefficient (Wildman–Crippen LogP) is 1.31. The normalized spacial score (nSPS) is 11.3. The van der Waals surface area contributed by atoms with Gasteiger partial charge in [-0.3, -0.25) is 4.79 Å². The van der Waals surface area contributed by atoms with Gasteiger partial charge in [0.1, 0.15) is 5.75 Å². The third kappa shape index (κ3) is 4.04. The number of hydrogen-bond acceptors (Lipinski definition) is 3.